The Labute approximate surface area is 164 Å². The zero-order valence-electron chi connectivity index (χ0n) is 15.6. The molecule has 2 aromatic carbocycles. The zero-order chi connectivity index (χ0) is 20.6. The monoisotopic (exact) mass is 401 g/mol. The summed E-state index contributed by atoms with van der Waals surface area (Å²) in [7, 11) is 0. The Balaban J connectivity index is 1.48. The van der Waals surface area contributed by atoms with Crippen LogP contribution in [0.15, 0.2) is 53.1 Å². The number of carbonyl (C=O) groups excluding carboxylic acids is 1. The number of carbonyl (C=O) groups is 1. The van der Waals surface area contributed by atoms with E-state index in [-0.39, 0.29) is 22.7 Å². The predicted molar refractivity (Wildman–Crippen MR) is 99.2 cm³/mol. The molecular formula is C21H18F3N3O2. The minimum Gasteiger partial charge on any atom is -0.351 e. The standard InChI is InChI=1S/C21H18F3N3O2/c1-13-5-2-3-8-16(13)20(9-10-20)12-25-18(28)15-7-4-6-14(11-15)17-26-19(29-27-17)21(22,23)24/h2-8,11H,9-10,12H2,1H3,(H,25,28). The van der Waals surface area contributed by atoms with Crippen molar-refractivity contribution in [2.24, 2.45) is 0 Å². The largest absolute Gasteiger partial charge is 0.471 e. The smallest absolute Gasteiger partial charge is 0.351 e. The molecule has 5 nitrogen and oxygen atoms in total. The third-order valence-electron chi connectivity index (χ3n) is 5.21. The number of aromatic nitrogens is 2. The van der Waals surface area contributed by atoms with Gasteiger partial charge in [0.05, 0.1) is 0 Å². The van der Waals surface area contributed by atoms with Gasteiger partial charge in [-0.05, 0) is 43.0 Å². The molecule has 29 heavy (non-hydrogen) atoms. The van der Waals surface area contributed by atoms with E-state index >= 15 is 0 Å². The average molecular weight is 401 g/mol. The molecule has 0 spiro atoms. The molecule has 150 valence electrons. The fourth-order valence-electron chi connectivity index (χ4n) is 3.47. The highest BCUT2D eigenvalue weighted by Gasteiger charge is 2.45. The van der Waals surface area contributed by atoms with E-state index in [0.29, 0.717) is 12.1 Å². The van der Waals surface area contributed by atoms with Crippen LogP contribution in [0.2, 0.25) is 0 Å². The fourth-order valence-corrected chi connectivity index (χ4v) is 3.47. The molecule has 1 aromatic heterocycles. The van der Waals surface area contributed by atoms with E-state index in [0.717, 1.165) is 12.8 Å². The SMILES string of the molecule is Cc1ccccc1C1(CNC(=O)c2cccc(-c3noc(C(F)(F)F)n3)c2)CC1. The number of nitrogens with zero attached hydrogens (tertiary/aromatic N) is 2. The molecule has 4 rings (SSSR count). The summed E-state index contributed by atoms with van der Waals surface area (Å²) in [6.07, 6.45) is -2.71. The number of hydrogen-bond donors (Lipinski definition) is 1. The highest BCUT2D eigenvalue weighted by atomic mass is 19.4. The van der Waals surface area contributed by atoms with Gasteiger partial charge < -0.3 is 9.84 Å². The molecule has 1 aliphatic rings. The third-order valence-corrected chi connectivity index (χ3v) is 5.21. The van der Waals surface area contributed by atoms with Crippen LogP contribution in [0.5, 0.6) is 0 Å². The summed E-state index contributed by atoms with van der Waals surface area (Å²) in [5, 5.41) is 6.31. The fraction of sp³-hybridized carbons (Fsp3) is 0.286. The first-order valence-electron chi connectivity index (χ1n) is 9.14. The van der Waals surface area contributed by atoms with Crippen LogP contribution in [0.1, 0.15) is 40.2 Å². The summed E-state index contributed by atoms with van der Waals surface area (Å²) in [6, 6.07) is 14.3. The first-order valence-corrected chi connectivity index (χ1v) is 9.14. The maximum absolute atomic E-state index is 12.7. The summed E-state index contributed by atoms with van der Waals surface area (Å²) >= 11 is 0. The van der Waals surface area contributed by atoms with E-state index in [1.54, 1.807) is 12.1 Å². The lowest BCUT2D eigenvalue weighted by Crippen LogP contribution is -2.32. The lowest BCUT2D eigenvalue weighted by atomic mass is 9.92. The summed E-state index contributed by atoms with van der Waals surface area (Å²) in [5.41, 5.74) is 2.98. The van der Waals surface area contributed by atoms with Crippen molar-refractivity contribution in [3.63, 3.8) is 0 Å². The van der Waals surface area contributed by atoms with Gasteiger partial charge in [-0.3, -0.25) is 4.79 Å². The van der Waals surface area contributed by atoms with E-state index in [9.17, 15) is 18.0 Å². The van der Waals surface area contributed by atoms with E-state index in [2.05, 4.69) is 39.0 Å². The minimum atomic E-state index is -4.71. The van der Waals surface area contributed by atoms with E-state index < -0.39 is 12.1 Å². The van der Waals surface area contributed by atoms with Crippen LogP contribution in [0.25, 0.3) is 11.4 Å². The van der Waals surface area contributed by atoms with Crippen molar-refractivity contribution in [1.82, 2.24) is 15.5 Å². The van der Waals surface area contributed by atoms with E-state index in [4.69, 9.17) is 0 Å². The van der Waals surface area contributed by atoms with E-state index in [1.165, 1.54) is 23.3 Å². The van der Waals surface area contributed by atoms with Gasteiger partial charge in [0.15, 0.2) is 0 Å². The van der Waals surface area contributed by atoms with Crippen molar-refractivity contribution in [1.29, 1.82) is 0 Å². The molecule has 1 fully saturated rings. The van der Waals surface area contributed by atoms with Gasteiger partial charge in [-0.1, -0.05) is 41.6 Å². The molecule has 1 amide bonds. The van der Waals surface area contributed by atoms with Gasteiger partial charge in [-0.2, -0.15) is 18.2 Å². The van der Waals surface area contributed by atoms with Gasteiger partial charge in [0.1, 0.15) is 0 Å². The third kappa shape index (κ3) is 3.87. The lowest BCUT2D eigenvalue weighted by Gasteiger charge is -2.19. The molecule has 1 N–H and O–H groups in total. The van der Waals surface area contributed by atoms with Crippen LogP contribution >= 0.6 is 0 Å². The van der Waals surface area contributed by atoms with Gasteiger partial charge >= 0.3 is 12.1 Å². The number of alkyl halides is 3. The molecule has 1 aliphatic carbocycles. The second-order valence-electron chi connectivity index (χ2n) is 7.28. The second-order valence-corrected chi connectivity index (χ2v) is 7.28. The molecule has 0 atom stereocenters. The summed E-state index contributed by atoms with van der Waals surface area (Å²) in [6.45, 7) is 2.56. The first kappa shape index (κ1) is 19.2. The minimum absolute atomic E-state index is 0.0477. The topological polar surface area (TPSA) is 68.0 Å². The van der Waals surface area contributed by atoms with Crippen molar-refractivity contribution in [2.75, 3.05) is 6.54 Å². The molecule has 0 unspecified atom stereocenters. The molecule has 0 aliphatic heterocycles. The van der Waals surface area contributed by atoms with Crippen molar-refractivity contribution >= 4 is 5.91 Å². The summed E-state index contributed by atoms with van der Waals surface area (Å²) in [5.74, 6) is -1.94. The highest BCUT2D eigenvalue weighted by Crippen LogP contribution is 2.48. The molecule has 8 heteroatoms. The maximum atomic E-state index is 12.7. The number of amides is 1. The number of rotatable bonds is 5. The average Bonchev–Trinajstić information content (AvgIpc) is 3.30. The van der Waals surface area contributed by atoms with Gasteiger partial charge in [0, 0.05) is 23.1 Å². The Morgan fingerprint density at radius 3 is 2.59 bits per heavy atom. The number of halogens is 3. The Bertz CT molecular complexity index is 1060. The van der Waals surface area contributed by atoms with Crippen LogP contribution in [0.3, 0.4) is 0 Å². The van der Waals surface area contributed by atoms with Crippen LogP contribution in [-0.2, 0) is 11.6 Å². The van der Waals surface area contributed by atoms with Crippen LogP contribution < -0.4 is 5.32 Å². The van der Waals surface area contributed by atoms with Crippen molar-refractivity contribution < 1.29 is 22.5 Å². The quantitative estimate of drug-likeness (QED) is 0.682. The Morgan fingerprint density at radius 1 is 1.17 bits per heavy atom. The number of hydrogen-bond acceptors (Lipinski definition) is 4. The summed E-state index contributed by atoms with van der Waals surface area (Å²) < 4.78 is 42.2. The summed E-state index contributed by atoms with van der Waals surface area (Å²) in [4.78, 5) is 16.0. The van der Waals surface area contributed by atoms with E-state index in [1.807, 2.05) is 12.1 Å². The zero-order valence-corrected chi connectivity index (χ0v) is 15.6. The van der Waals surface area contributed by atoms with Crippen LogP contribution in [-0.4, -0.2) is 22.6 Å². The molecule has 0 radical (unpaired) electrons. The number of nitrogens with one attached hydrogen (secondary N) is 1. The lowest BCUT2D eigenvalue weighted by molar-refractivity contribution is -0.159. The normalized spacial score (nSPS) is 15.2. The Kier molecular flexibility index (Phi) is 4.64. The second kappa shape index (κ2) is 7.02. The molecule has 0 saturated heterocycles. The van der Waals surface area contributed by atoms with Crippen molar-refractivity contribution in [3.8, 4) is 11.4 Å². The van der Waals surface area contributed by atoms with Gasteiger partial charge in [-0.15, -0.1) is 0 Å². The van der Waals surface area contributed by atoms with Crippen molar-refractivity contribution in [3.05, 3.63) is 71.1 Å². The molecular weight excluding hydrogens is 383 g/mol. The van der Waals surface area contributed by atoms with Crippen molar-refractivity contribution in [2.45, 2.75) is 31.4 Å². The number of benzene rings is 2. The molecule has 1 saturated carbocycles. The molecule has 3 aromatic rings. The molecule has 0 bridgehead atoms. The van der Waals surface area contributed by atoms with Crippen LogP contribution in [0.4, 0.5) is 13.2 Å². The molecule has 1 heterocycles. The van der Waals surface area contributed by atoms with Gasteiger partial charge in [-0.25, -0.2) is 0 Å². The van der Waals surface area contributed by atoms with Gasteiger partial charge in [0.2, 0.25) is 5.82 Å². The first-order chi connectivity index (χ1) is 13.8. The Morgan fingerprint density at radius 2 is 1.93 bits per heavy atom. The Hall–Kier alpha value is -3.16. The predicted octanol–water partition coefficient (Wildman–Crippen LogP) is 4.53. The maximum Gasteiger partial charge on any atom is 0.471 e. The number of aryl methyl sites for hydroxylation is 1. The van der Waals surface area contributed by atoms with Gasteiger partial charge in [0.25, 0.3) is 5.91 Å². The highest BCUT2D eigenvalue weighted by molar-refractivity contribution is 5.95. The van der Waals surface area contributed by atoms with Crippen LogP contribution in [0, 0.1) is 6.92 Å².